The lowest BCUT2D eigenvalue weighted by Gasteiger charge is -2.07. The number of aromatic nitrogens is 1. The van der Waals surface area contributed by atoms with Crippen LogP contribution in [-0.2, 0) is 9.05 Å². The summed E-state index contributed by atoms with van der Waals surface area (Å²) in [5, 5.41) is 0. The molecule has 0 fully saturated rings. The van der Waals surface area contributed by atoms with E-state index in [1.165, 1.54) is 6.92 Å². The fourth-order valence-corrected chi connectivity index (χ4v) is 2.18. The summed E-state index contributed by atoms with van der Waals surface area (Å²) in [5.74, 6) is 0. The van der Waals surface area contributed by atoms with Crippen LogP contribution in [0, 0.1) is 6.92 Å². The molecule has 2 N–H and O–H groups in total. The van der Waals surface area contributed by atoms with Gasteiger partial charge in [-0.25, -0.2) is 22.2 Å². The van der Waals surface area contributed by atoms with Crippen LogP contribution in [-0.4, -0.2) is 13.4 Å². The average molecular weight is 257 g/mol. The first kappa shape index (κ1) is 12.1. The van der Waals surface area contributed by atoms with E-state index >= 15 is 0 Å². The molecule has 4 nitrogen and oxygen atoms in total. The Labute approximate surface area is 89.5 Å². The minimum absolute atomic E-state index is 0.102. The number of nitrogens with two attached hydrogens (primary N) is 1. The maximum atomic E-state index is 12.3. The van der Waals surface area contributed by atoms with Crippen molar-refractivity contribution in [3.05, 3.63) is 17.5 Å². The van der Waals surface area contributed by atoms with Crippen molar-refractivity contribution < 1.29 is 17.2 Å². The molecule has 0 unspecified atom stereocenters. The number of aryl methyl sites for hydroxylation is 1. The molecule has 0 saturated carbocycles. The van der Waals surface area contributed by atoms with Gasteiger partial charge in [-0.15, -0.1) is 0 Å². The van der Waals surface area contributed by atoms with E-state index in [0.29, 0.717) is 0 Å². The van der Waals surface area contributed by atoms with Gasteiger partial charge in [0.25, 0.3) is 15.5 Å². The molecule has 0 aliphatic heterocycles. The molecule has 15 heavy (non-hydrogen) atoms. The van der Waals surface area contributed by atoms with Crippen LogP contribution in [0.5, 0.6) is 0 Å². The van der Waals surface area contributed by atoms with Crippen LogP contribution >= 0.6 is 10.7 Å². The molecule has 8 heteroatoms. The lowest BCUT2D eigenvalue weighted by molar-refractivity contribution is 0.146. The molecule has 0 aliphatic carbocycles. The van der Waals surface area contributed by atoms with E-state index in [0.717, 1.165) is 6.07 Å². The Morgan fingerprint density at radius 3 is 2.47 bits per heavy atom. The smallest absolute Gasteiger partial charge is 0.282 e. The first-order valence-corrected chi connectivity index (χ1v) is 6.04. The van der Waals surface area contributed by atoms with E-state index in [4.69, 9.17) is 16.4 Å². The second-order valence-corrected chi connectivity index (χ2v) is 5.32. The number of pyridine rings is 1. The second-order valence-electron chi connectivity index (χ2n) is 2.78. The summed E-state index contributed by atoms with van der Waals surface area (Å²) in [6.07, 6.45) is -2.85. The summed E-state index contributed by atoms with van der Waals surface area (Å²) in [4.78, 5) is 3.04. The van der Waals surface area contributed by atoms with Crippen molar-refractivity contribution in [1.82, 2.24) is 4.98 Å². The highest BCUT2D eigenvalue weighted by Crippen LogP contribution is 2.28. The van der Waals surface area contributed by atoms with Gasteiger partial charge >= 0.3 is 0 Å². The van der Waals surface area contributed by atoms with Crippen molar-refractivity contribution in [2.75, 3.05) is 5.73 Å². The number of halogens is 3. The van der Waals surface area contributed by atoms with Gasteiger partial charge in [-0.05, 0) is 13.0 Å². The van der Waals surface area contributed by atoms with Gasteiger partial charge in [0.05, 0.1) is 11.4 Å². The zero-order valence-electron chi connectivity index (χ0n) is 7.54. The molecule has 0 aliphatic rings. The number of anilines is 1. The monoisotopic (exact) mass is 256 g/mol. The van der Waals surface area contributed by atoms with Crippen molar-refractivity contribution in [2.24, 2.45) is 0 Å². The van der Waals surface area contributed by atoms with Crippen LogP contribution < -0.4 is 5.73 Å². The van der Waals surface area contributed by atoms with Gasteiger partial charge in [0.2, 0.25) is 0 Å². The number of nitrogens with zero attached hydrogens (tertiary/aromatic N) is 1. The molecule has 1 aromatic rings. The SMILES string of the molecule is Cc1nc(C(F)F)c(N)cc1S(=O)(=O)Cl. The summed E-state index contributed by atoms with van der Waals surface area (Å²) in [6, 6.07) is 0.881. The van der Waals surface area contributed by atoms with Gasteiger partial charge in [-0.3, -0.25) is 0 Å². The molecule has 1 rings (SSSR count). The minimum atomic E-state index is -4.01. The quantitative estimate of drug-likeness (QED) is 0.820. The molecular weight excluding hydrogens is 250 g/mol. The first-order valence-electron chi connectivity index (χ1n) is 3.73. The number of hydrogen-bond donors (Lipinski definition) is 1. The van der Waals surface area contributed by atoms with Crippen LogP contribution in [0.2, 0.25) is 0 Å². The molecule has 1 aromatic heterocycles. The lowest BCUT2D eigenvalue weighted by atomic mass is 10.2. The fourth-order valence-electron chi connectivity index (χ4n) is 1.04. The Hall–Kier alpha value is -0.950. The third-order valence-corrected chi connectivity index (χ3v) is 3.13. The molecule has 0 amide bonds. The largest absolute Gasteiger partial charge is 0.397 e. The maximum Gasteiger partial charge on any atom is 0.282 e. The predicted octanol–water partition coefficient (Wildman–Crippen LogP) is 1.84. The maximum absolute atomic E-state index is 12.3. The van der Waals surface area contributed by atoms with Gasteiger partial charge in [0, 0.05) is 10.7 Å². The molecule has 0 spiro atoms. The Morgan fingerprint density at radius 2 is 2.07 bits per heavy atom. The highest BCUT2D eigenvalue weighted by molar-refractivity contribution is 8.13. The topological polar surface area (TPSA) is 73.0 Å². The second kappa shape index (κ2) is 3.90. The fraction of sp³-hybridized carbons (Fsp3) is 0.286. The Balaban J connectivity index is 3.46. The Kier molecular flexibility index (Phi) is 3.15. The Morgan fingerprint density at radius 1 is 1.53 bits per heavy atom. The third-order valence-electron chi connectivity index (χ3n) is 1.70. The van der Waals surface area contributed by atoms with E-state index in [-0.39, 0.29) is 10.6 Å². The summed E-state index contributed by atoms with van der Waals surface area (Å²) in [6.45, 7) is 1.26. The normalized spacial score (nSPS) is 12.1. The van der Waals surface area contributed by atoms with Gasteiger partial charge < -0.3 is 5.73 Å². The standard InChI is InChI=1S/C7H7ClF2N2O2S/c1-3-5(15(8,13)14)2-4(11)6(12-3)7(9)10/h2,7H,11H2,1H3. The van der Waals surface area contributed by atoms with E-state index in [2.05, 4.69) is 4.98 Å². The summed E-state index contributed by atoms with van der Waals surface area (Å²) >= 11 is 0. The summed E-state index contributed by atoms with van der Waals surface area (Å²) < 4.78 is 46.6. The van der Waals surface area contributed by atoms with Gasteiger partial charge in [0.15, 0.2) is 0 Å². The highest BCUT2D eigenvalue weighted by atomic mass is 35.7. The van der Waals surface area contributed by atoms with E-state index in [1.807, 2.05) is 0 Å². The van der Waals surface area contributed by atoms with Crippen molar-refractivity contribution in [2.45, 2.75) is 18.2 Å². The van der Waals surface area contributed by atoms with Crippen LogP contribution in [0.15, 0.2) is 11.0 Å². The Bertz CT molecular complexity index is 490. The van der Waals surface area contributed by atoms with E-state index in [9.17, 15) is 17.2 Å². The zero-order valence-corrected chi connectivity index (χ0v) is 9.11. The van der Waals surface area contributed by atoms with Crippen molar-refractivity contribution in [1.29, 1.82) is 0 Å². The molecular formula is C7H7ClF2N2O2S. The lowest BCUT2D eigenvalue weighted by Crippen LogP contribution is -2.05. The van der Waals surface area contributed by atoms with Crippen LogP contribution in [0.3, 0.4) is 0 Å². The van der Waals surface area contributed by atoms with Crippen molar-refractivity contribution in [3.63, 3.8) is 0 Å². The molecule has 0 saturated heterocycles. The molecule has 1 heterocycles. The number of alkyl halides is 2. The van der Waals surface area contributed by atoms with Gasteiger partial charge in [-0.2, -0.15) is 0 Å². The number of rotatable bonds is 2. The van der Waals surface area contributed by atoms with Crippen molar-refractivity contribution >= 4 is 25.4 Å². The molecule has 0 aromatic carbocycles. The number of nitrogen functional groups attached to an aromatic ring is 1. The van der Waals surface area contributed by atoms with Crippen molar-refractivity contribution in [3.8, 4) is 0 Å². The van der Waals surface area contributed by atoms with Gasteiger partial charge in [0.1, 0.15) is 10.6 Å². The highest BCUT2D eigenvalue weighted by Gasteiger charge is 2.20. The zero-order chi connectivity index (χ0) is 11.8. The molecule has 84 valence electrons. The van der Waals surface area contributed by atoms with Gasteiger partial charge in [-0.1, -0.05) is 0 Å². The number of hydrogen-bond acceptors (Lipinski definition) is 4. The van der Waals surface area contributed by atoms with Crippen LogP contribution in [0.25, 0.3) is 0 Å². The summed E-state index contributed by atoms with van der Waals surface area (Å²) in [5.41, 5.74) is 4.08. The average Bonchev–Trinajstić information content (AvgIpc) is 2.06. The van der Waals surface area contributed by atoms with Crippen LogP contribution in [0.1, 0.15) is 17.8 Å². The first-order chi connectivity index (χ1) is 6.73. The minimum Gasteiger partial charge on any atom is -0.397 e. The molecule has 0 atom stereocenters. The van der Waals surface area contributed by atoms with Crippen LogP contribution in [0.4, 0.5) is 14.5 Å². The molecule has 0 bridgehead atoms. The summed E-state index contributed by atoms with van der Waals surface area (Å²) in [7, 11) is 1.04. The van der Waals surface area contributed by atoms with E-state index < -0.39 is 26.9 Å². The molecule has 0 radical (unpaired) electrons. The van der Waals surface area contributed by atoms with E-state index in [1.54, 1.807) is 0 Å². The third kappa shape index (κ3) is 2.54. The predicted molar refractivity (Wildman–Crippen MR) is 51.4 cm³/mol.